The molecule has 124 valence electrons. The summed E-state index contributed by atoms with van der Waals surface area (Å²) < 4.78 is 5.29. The van der Waals surface area contributed by atoms with Crippen molar-refractivity contribution in [1.82, 2.24) is 5.32 Å². The Morgan fingerprint density at radius 1 is 1.45 bits per heavy atom. The molecular weight excluding hydrogens is 294 g/mol. The first-order valence-electron chi connectivity index (χ1n) is 8.38. The van der Waals surface area contributed by atoms with Crippen LogP contribution in [0.5, 0.6) is 0 Å². The number of carbonyl (C=O) groups excluding carboxylic acids is 1. The van der Waals surface area contributed by atoms with Gasteiger partial charge < -0.3 is 10.1 Å². The molecule has 0 aliphatic heterocycles. The highest BCUT2D eigenvalue weighted by molar-refractivity contribution is 7.10. The Morgan fingerprint density at radius 2 is 2.23 bits per heavy atom. The topological polar surface area (TPSA) is 38.3 Å². The first-order valence-corrected chi connectivity index (χ1v) is 9.26. The van der Waals surface area contributed by atoms with E-state index in [-0.39, 0.29) is 5.91 Å². The van der Waals surface area contributed by atoms with E-state index in [4.69, 9.17) is 4.74 Å². The summed E-state index contributed by atoms with van der Waals surface area (Å²) in [4.78, 5) is 13.8. The minimum Gasteiger partial charge on any atom is -0.382 e. The van der Waals surface area contributed by atoms with Gasteiger partial charge in [0.1, 0.15) is 0 Å². The number of amides is 1. The van der Waals surface area contributed by atoms with Crippen molar-refractivity contribution in [2.75, 3.05) is 19.8 Å². The lowest BCUT2D eigenvalue weighted by Gasteiger charge is -2.34. The molecule has 1 aromatic rings. The Hall–Kier alpha value is -0.870. The first kappa shape index (κ1) is 17.5. The number of rotatable bonds is 6. The van der Waals surface area contributed by atoms with Gasteiger partial charge in [-0.2, -0.15) is 0 Å². The van der Waals surface area contributed by atoms with Crippen LogP contribution in [0.25, 0.3) is 0 Å². The highest BCUT2D eigenvalue weighted by atomic mass is 32.1. The van der Waals surface area contributed by atoms with Crippen LogP contribution in [-0.4, -0.2) is 25.7 Å². The number of thiophene rings is 1. The number of hydrogen-bond donors (Lipinski definition) is 1. The maximum atomic E-state index is 12.3. The molecule has 0 bridgehead atoms. The van der Waals surface area contributed by atoms with Crippen molar-refractivity contribution in [2.24, 2.45) is 11.3 Å². The number of hydrogen-bond acceptors (Lipinski definition) is 3. The van der Waals surface area contributed by atoms with Crippen LogP contribution in [0.3, 0.4) is 0 Å². The largest absolute Gasteiger partial charge is 0.382 e. The molecule has 0 saturated carbocycles. The molecular formula is C18H29NO2S. The van der Waals surface area contributed by atoms with E-state index in [0.29, 0.717) is 18.6 Å². The van der Waals surface area contributed by atoms with Gasteiger partial charge in [-0.05, 0) is 49.5 Å². The van der Waals surface area contributed by atoms with Gasteiger partial charge >= 0.3 is 0 Å². The SMILES string of the molecule is CCOCCCNC(=O)c1csc2c1CCC(C(C)(C)C)C2. The smallest absolute Gasteiger partial charge is 0.252 e. The molecule has 1 aromatic heterocycles. The van der Waals surface area contributed by atoms with Gasteiger partial charge in [-0.15, -0.1) is 11.3 Å². The molecule has 1 unspecified atom stereocenters. The fourth-order valence-electron chi connectivity index (χ4n) is 3.06. The molecule has 0 aromatic carbocycles. The van der Waals surface area contributed by atoms with E-state index in [1.165, 1.54) is 16.9 Å². The van der Waals surface area contributed by atoms with E-state index in [9.17, 15) is 4.79 Å². The van der Waals surface area contributed by atoms with Gasteiger partial charge in [0.15, 0.2) is 0 Å². The summed E-state index contributed by atoms with van der Waals surface area (Å²) >= 11 is 1.76. The van der Waals surface area contributed by atoms with E-state index in [1.54, 1.807) is 11.3 Å². The van der Waals surface area contributed by atoms with Gasteiger partial charge in [-0.3, -0.25) is 4.79 Å². The summed E-state index contributed by atoms with van der Waals surface area (Å²) in [5.41, 5.74) is 2.56. The Kier molecular flexibility index (Phi) is 6.04. The highest BCUT2D eigenvalue weighted by Crippen LogP contribution is 2.40. The van der Waals surface area contributed by atoms with Crippen molar-refractivity contribution in [3.8, 4) is 0 Å². The minimum absolute atomic E-state index is 0.0863. The molecule has 1 heterocycles. The predicted octanol–water partition coefficient (Wildman–Crippen LogP) is 4.06. The molecule has 0 fully saturated rings. The number of fused-ring (bicyclic) bond motifs is 1. The van der Waals surface area contributed by atoms with E-state index in [1.807, 2.05) is 12.3 Å². The van der Waals surface area contributed by atoms with Gasteiger partial charge in [0.2, 0.25) is 0 Å². The molecule has 1 aliphatic rings. The maximum Gasteiger partial charge on any atom is 0.252 e. The third kappa shape index (κ3) is 4.32. The Balaban J connectivity index is 1.92. The number of ether oxygens (including phenoxy) is 1. The van der Waals surface area contributed by atoms with Crippen LogP contribution in [0.4, 0.5) is 0 Å². The van der Waals surface area contributed by atoms with Crippen molar-refractivity contribution < 1.29 is 9.53 Å². The van der Waals surface area contributed by atoms with Gasteiger partial charge in [0, 0.05) is 30.0 Å². The van der Waals surface area contributed by atoms with Crippen molar-refractivity contribution in [3.05, 3.63) is 21.4 Å². The van der Waals surface area contributed by atoms with Crippen LogP contribution in [0.1, 0.15) is 61.3 Å². The summed E-state index contributed by atoms with van der Waals surface area (Å²) in [6, 6.07) is 0. The van der Waals surface area contributed by atoms with Gasteiger partial charge in [-0.1, -0.05) is 20.8 Å². The second-order valence-corrected chi connectivity index (χ2v) is 8.13. The quantitative estimate of drug-likeness (QED) is 0.802. The van der Waals surface area contributed by atoms with Gasteiger partial charge in [0.25, 0.3) is 5.91 Å². The lowest BCUT2D eigenvalue weighted by atomic mass is 9.72. The van der Waals surface area contributed by atoms with Gasteiger partial charge in [0.05, 0.1) is 5.56 Å². The lowest BCUT2D eigenvalue weighted by molar-refractivity contribution is 0.0943. The third-order valence-corrected chi connectivity index (χ3v) is 5.63. The molecule has 3 nitrogen and oxygen atoms in total. The van der Waals surface area contributed by atoms with E-state index in [0.717, 1.165) is 37.4 Å². The Bertz CT molecular complexity index is 502. The van der Waals surface area contributed by atoms with Crippen LogP contribution < -0.4 is 5.32 Å². The molecule has 1 atom stereocenters. The second-order valence-electron chi connectivity index (χ2n) is 7.16. The summed E-state index contributed by atoms with van der Waals surface area (Å²) in [7, 11) is 0. The lowest BCUT2D eigenvalue weighted by Crippen LogP contribution is -2.29. The van der Waals surface area contributed by atoms with Crippen LogP contribution in [0.15, 0.2) is 5.38 Å². The highest BCUT2D eigenvalue weighted by Gasteiger charge is 2.31. The minimum atomic E-state index is 0.0863. The average molecular weight is 324 g/mol. The van der Waals surface area contributed by atoms with E-state index in [2.05, 4.69) is 26.1 Å². The maximum absolute atomic E-state index is 12.3. The third-order valence-electron chi connectivity index (χ3n) is 4.58. The molecule has 0 spiro atoms. The van der Waals surface area contributed by atoms with E-state index >= 15 is 0 Å². The molecule has 22 heavy (non-hydrogen) atoms. The second kappa shape index (κ2) is 7.60. The molecule has 0 saturated heterocycles. The van der Waals surface area contributed by atoms with Crippen molar-refractivity contribution in [2.45, 2.75) is 53.4 Å². The fraction of sp³-hybridized carbons (Fsp3) is 0.722. The van der Waals surface area contributed by atoms with Crippen molar-refractivity contribution in [3.63, 3.8) is 0 Å². The molecule has 1 aliphatic carbocycles. The summed E-state index contributed by atoms with van der Waals surface area (Å²) in [6.07, 6.45) is 4.24. The average Bonchev–Trinajstić information content (AvgIpc) is 2.89. The van der Waals surface area contributed by atoms with E-state index < -0.39 is 0 Å². The van der Waals surface area contributed by atoms with Crippen LogP contribution in [0.2, 0.25) is 0 Å². The standard InChI is InChI=1S/C18H29NO2S/c1-5-21-10-6-9-19-17(20)15-12-22-16-11-13(18(2,3)4)7-8-14(15)16/h12-13H,5-11H2,1-4H3,(H,19,20). The van der Waals surface area contributed by atoms with Crippen LogP contribution in [-0.2, 0) is 17.6 Å². The molecule has 1 amide bonds. The normalized spacial score (nSPS) is 18.1. The van der Waals surface area contributed by atoms with Crippen molar-refractivity contribution in [1.29, 1.82) is 0 Å². The zero-order chi connectivity index (χ0) is 16.2. The van der Waals surface area contributed by atoms with Gasteiger partial charge in [-0.25, -0.2) is 0 Å². The fourth-order valence-corrected chi connectivity index (χ4v) is 4.22. The number of carbonyl (C=O) groups is 1. The van der Waals surface area contributed by atoms with Crippen LogP contribution >= 0.6 is 11.3 Å². The Labute approximate surface area is 138 Å². The summed E-state index contributed by atoms with van der Waals surface area (Å²) in [6.45, 7) is 11.1. The van der Waals surface area contributed by atoms with Crippen molar-refractivity contribution >= 4 is 17.2 Å². The first-order chi connectivity index (χ1) is 10.4. The van der Waals surface area contributed by atoms with Crippen LogP contribution in [0, 0.1) is 11.3 Å². The zero-order valence-electron chi connectivity index (χ0n) is 14.3. The zero-order valence-corrected chi connectivity index (χ0v) is 15.1. The summed E-state index contributed by atoms with van der Waals surface area (Å²) in [5.74, 6) is 0.809. The Morgan fingerprint density at radius 3 is 2.91 bits per heavy atom. The predicted molar refractivity (Wildman–Crippen MR) is 92.7 cm³/mol. The molecule has 0 radical (unpaired) electrons. The monoisotopic (exact) mass is 323 g/mol. The summed E-state index contributed by atoms with van der Waals surface area (Å²) in [5, 5.41) is 5.07. The number of nitrogens with one attached hydrogen (secondary N) is 1. The molecule has 2 rings (SSSR count). The molecule has 1 N–H and O–H groups in total. The molecule has 4 heteroatoms.